The summed E-state index contributed by atoms with van der Waals surface area (Å²) in [5.41, 5.74) is 2.31. The predicted octanol–water partition coefficient (Wildman–Crippen LogP) is 3.91. The van der Waals surface area contributed by atoms with Crippen LogP contribution in [-0.4, -0.2) is 30.1 Å². The lowest BCUT2D eigenvalue weighted by Gasteiger charge is -2.24. The van der Waals surface area contributed by atoms with Crippen molar-refractivity contribution in [2.75, 3.05) is 23.4 Å². The van der Waals surface area contributed by atoms with E-state index in [1.54, 1.807) is 12.1 Å². The normalized spacial score (nSPS) is 13.3. The molecule has 27 heavy (non-hydrogen) atoms. The minimum absolute atomic E-state index is 0.0990. The second-order valence-electron chi connectivity index (χ2n) is 6.57. The van der Waals surface area contributed by atoms with Crippen LogP contribution in [0.4, 0.5) is 11.4 Å². The summed E-state index contributed by atoms with van der Waals surface area (Å²) in [6, 6.07) is 12.8. The Kier molecular flexibility index (Phi) is 5.96. The van der Waals surface area contributed by atoms with Gasteiger partial charge in [-0.05, 0) is 30.7 Å². The van der Waals surface area contributed by atoms with Gasteiger partial charge in [0.2, 0.25) is 5.91 Å². The van der Waals surface area contributed by atoms with Gasteiger partial charge in [0.25, 0.3) is 0 Å². The molecule has 0 spiro atoms. The van der Waals surface area contributed by atoms with E-state index in [4.69, 9.17) is 4.74 Å². The van der Waals surface area contributed by atoms with Crippen LogP contribution in [0, 0.1) is 0 Å². The Hall–Kier alpha value is -3.02. The molecule has 0 fully saturated rings. The van der Waals surface area contributed by atoms with Crippen LogP contribution in [0.5, 0.6) is 5.75 Å². The molecule has 3 rings (SSSR count). The molecule has 0 aliphatic carbocycles. The Labute approximate surface area is 158 Å². The van der Waals surface area contributed by atoms with Crippen LogP contribution in [0.15, 0.2) is 42.5 Å². The highest BCUT2D eigenvalue weighted by Gasteiger charge is 2.21. The Balaban J connectivity index is 1.85. The summed E-state index contributed by atoms with van der Waals surface area (Å²) in [6.45, 7) is 3.65. The molecule has 2 aromatic rings. The number of carboxylic acids is 1. The fourth-order valence-electron chi connectivity index (χ4n) is 3.15. The molecule has 1 aliphatic heterocycles. The number of unbranched alkanes of at least 4 members (excludes halogenated alkanes) is 1. The van der Waals surface area contributed by atoms with Gasteiger partial charge >= 0.3 is 5.97 Å². The quantitative estimate of drug-likeness (QED) is 0.808. The second kappa shape index (κ2) is 8.58. The van der Waals surface area contributed by atoms with Crippen LogP contribution in [0.25, 0.3) is 0 Å². The third-order valence-corrected chi connectivity index (χ3v) is 4.56. The van der Waals surface area contributed by atoms with E-state index in [1.807, 2.05) is 36.1 Å². The highest BCUT2D eigenvalue weighted by molar-refractivity contribution is 5.98. The monoisotopic (exact) mass is 368 g/mol. The topological polar surface area (TPSA) is 78.9 Å². The number of aromatic carboxylic acids is 1. The Bertz CT molecular complexity index is 835. The number of hydrogen-bond donors (Lipinski definition) is 2. The molecule has 6 heteroatoms. The van der Waals surface area contributed by atoms with Gasteiger partial charge in [-0.3, -0.25) is 4.79 Å². The lowest BCUT2D eigenvalue weighted by atomic mass is 10.1. The van der Waals surface area contributed by atoms with E-state index < -0.39 is 5.97 Å². The van der Waals surface area contributed by atoms with Crippen molar-refractivity contribution in [2.45, 2.75) is 32.7 Å². The fraction of sp³-hybridized carbons (Fsp3) is 0.333. The summed E-state index contributed by atoms with van der Waals surface area (Å²) >= 11 is 0. The van der Waals surface area contributed by atoms with Crippen molar-refractivity contribution in [3.05, 3.63) is 53.6 Å². The number of ether oxygens (including phenoxy) is 1. The first-order valence-electron chi connectivity index (χ1n) is 9.21. The number of rotatable bonds is 6. The molecule has 0 saturated heterocycles. The molecule has 142 valence electrons. The maximum absolute atomic E-state index is 11.9. The van der Waals surface area contributed by atoms with E-state index >= 15 is 0 Å². The molecule has 6 nitrogen and oxygen atoms in total. The minimum atomic E-state index is -1.02. The SMILES string of the molecule is CCCCC(=O)Nc1ccc(N2CCOc3ccccc3C2)c(C(=O)O)c1. The van der Waals surface area contributed by atoms with Crippen molar-refractivity contribution in [2.24, 2.45) is 0 Å². The Morgan fingerprint density at radius 1 is 1.22 bits per heavy atom. The number of nitrogens with one attached hydrogen (secondary N) is 1. The van der Waals surface area contributed by atoms with E-state index in [0.29, 0.717) is 37.5 Å². The molecule has 1 aliphatic rings. The van der Waals surface area contributed by atoms with Gasteiger partial charge in [-0.25, -0.2) is 4.79 Å². The van der Waals surface area contributed by atoms with Gasteiger partial charge in [0.1, 0.15) is 12.4 Å². The number of hydrogen-bond acceptors (Lipinski definition) is 4. The third kappa shape index (κ3) is 4.58. The number of nitrogens with zero attached hydrogens (tertiary/aromatic N) is 1. The number of carboxylic acid groups (broad SMARTS) is 1. The number of carbonyl (C=O) groups excluding carboxylic acids is 1. The number of anilines is 2. The molecular formula is C21H24N2O4. The number of amides is 1. The Morgan fingerprint density at radius 2 is 2.04 bits per heavy atom. The Morgan fingerprint density at radius 3 is 2.81 bits per heavy atom. The summed E-state index contributed by atoms with van der Waals surface area (Å²) in [4.78, 5) is 25.8. The van der Waals surface area contributed by atoms with Crippen molar-refractivity contribution < 1.29 is 19.4 Å². The summed E-state index contributed by atoms with van der Waals surface area (Å²) < 4.78 is 5.77. The molecule has 0 atom stereocenters. The highest BCUT2D eigenvalue weighted by atomic mass is 16.5. The van der Waals surface area contributed by atoms with Gasteiger partial charge in [0.05, 0.1) is 17.8 Å². The zero-order valence-corrected chi connectivity index (χ0v) is 15.4. The number of benzene rings is 2. The molecule has 1 amide bonds. The first-order valence-corrected chi connectivity index (χ1v) is 9.21. The second-order valence-corrected chi connectivity index (χ2v) is 6.57. The van der Waals surface area contributed by atoms with Gasteiger partial charge < -0.3 is 20.1 Å². The van der Waals surface area contributed by atoms with Gasteiger partial charge in [0.15, 0.2) is 0 Å². The van der Waals surface area contributed by atoms with E-state index in [1.165, 1.54) is 6.07 Å². The van der Waals surface area contributed by atoms with Gasteiger partial charge in [-0.2, -0.15) is 0 Å². The van der Waals surface area contributed by atoms with E-state index in [2.05, 4.69) is 5.32 Å². The van der Waals surface area contributed by atoms with E-state index in [0.717, 1.165) is 24.2 Å². The van der Waals surface area contributed by atoms with E-state index in [-0.39, 0.29) is 11.5 Å². The summed E-state index contributed by atoms with van der Waals surface area (Å²) in [5, 5.41) is 12.5. The van der Waals surface area contributed by atoms with Crippen molar-refractivity contribution in [3.8, 4) is 5.75 Å². The number of para-hydroxylation sites is 1. The molecular weight excluding hydrogens is 344 g/mol. The molecule has 2 N–H and O–H groups in total. The molecule has 0 bridgehead atoms. The van der Waals surface area contributed by atoms with Crippen LogP contribution in [0.1, 0.15) is 42.1 Å². The van der Waals surface area contributed by atoms with Crippen molar-refractivity contribution >= 4 is 23.3 Å². The van der Waals surface area contributed by atoms with Crippen LogP contribution in [0.3, 0.4) is 0 Å². The summed E-state index contributed by atoms with van der Waals surface area (Å²) in [7, 11) is 0. The number of fused-ring (bicyclic) bond motifs is 1. The maximum atomic E-state index is 11.9. The van der Waals surface area contributed by atoms with Gasteiger partial charge in [0, 0.05) is 24.2 Å². The number of carbonyl (C=O) groups is 2. The van der Waals surface area contributed by atoms with Gasteiger partial charge in [-0.1, -0.05) is 31.5 Å². The lowest BCUT2D eigenvalue weighted by Crippen LogP contribution is -2.27. The smallest absolute Gasteiger partial charge is 0.337 e. The average molecular weight is 368 g/mol. The highest BCUT2D eigenvalue weighted by Crippen LogP contribution is 2.30. The zero-order valence-electron chi connectivity index (χ0n) is 15.4. The molecule has 0 radical (unpaired) electrons. The van der Waals surface area contributed by atoms with Crippen LogP contribution < -0.4 is 15.0 Å². The minimum Gasteiger partial charge on any atom is -0.491 e. The van der Waals surface area contributed by atoms with Crippen LogP contribution in [0.2, 0.25) is 0 Å². The van der Waals surface area contributed by atoms with Crippen molar-refractivity contribution in [1.82, 2.24) is 0 Å². The first kappa shape index (κ1) is 18.8. The van der Waals surface area contributed by atoms with E-state index in [9.17, 15) is 14.7 Å². The average Bonchev–Trinajstić information content (AvgIpc) is 2.88. The zero-order chi connectivity index (χ0) is 19.2. The molecule has 2 aromatic carbocycles. The van der Waals surface area contributed by atoms with Crippen molar-refractivity contribution in [1.29, 1.82) is 0 Å². The van der Waals surface area contributed by atoms with Crippen LogP contribution >= 0.6 is 0 Å². The lowest BCUT2D eigenvalue weighted by molar-refractivity contribution is -0.116. The molecule has 1 heterocycles. The van der Waals surface area contributed by atoms with Gasteiger partial charge in [-0.15, -0.1) is 0 Å². The predicted molar refractivity (Wildman–Crippen MR) is 105 cm³/mol. The maximum Gasteiger partial charge on any atom is 0.337 e. The largest absolute Gasteiger partial charge is 0.491 e. The standard InChI is InChI=1S/C21H24N2O4/c1-2-3-8-20(24)22-16-9-10-18(17(13-16)21(25)26)23-11-12-27-19-7-5-4-6-15(19)14-23/h4-7,9-10,13H,2-3,8,11-12,14H2,1H3,(H,22,24)(H,25,26). The summed E-state index contributed by atoms with van der Waals surface area (Å²) in [6.07, 6.45) is 2.18. The third-order valence-electron chi connectivity index (χ3n) is 4.56. The van der Waals surface area contributed by atoms with Crippen molar-refractivity contribution in [3.63, 3.8) is 0 Å². The fourth-order valence-corrected chi connectivity index (χ4v) is 3.15. The molecule has 0 saturated carbocycles. The van der Waals surface area contributed by atoms with Crippen LogP contribution in [-0.2, 0) is 11.3 Å². The molecule has 0 unspecified atom stereocenters. The summed E-state index contributed by atoms with van der Waals surface area (Å²) in [5.74, 6) is -0.289. The molecule has 0 aromatic heterocycles. The first-order chi connectivity index (χ1) is 13.1.